The van der Waals surface area contributed by atoms with Crippen LogP contribution in [0.25, 0.3) is 5.65 Å². The third kappa shape index (κ3) is 2.55. The molecule has 0 aliphatic carbocycles. The van der Waals surface area contributed by atoms with Crippen molar-refractivity contribution in [2.45, 2.75) is 6.92 Å². The van der Waals surface area contributed by atoms with Crippen LogP contribution in [0.15, 0.2) is 48.5 Å². The molecule has 1 aromatic carbocycles. The van der Waals surface area contributed by atoms with Crippen LogP contribution in [-0.4, -0.2) is 27.1 Å². The third-order valence-corrected chi connectivity index (χ3v) is 2.95. The molecule has 0 spiro atoms. The number of rotatable bonds is 4. The molecule has 0 aliphatic rings. The van der Waals surface area contributed by atoms with Gasteiger partial charge in [0.2, 0.25) is 11.8 Å². The van der Waals surface area contributed by atoms with Crippen molar-refractivity contribution in [2.75, 3.05) is 11.9 Å². The average Bonchev–Trinajstić information content (AvgIpc) is 2.93. The summed E-state index contributed by atoms with van der Waals surface area (Å²) in [5, 5.41) is 10.8. The number of pyridine rings is 1. The van der Waals surface area contributed by atoms with E-state index in [-0.39, 0.29) is 5.91 Å². The summed E-state index contributed by atoms with van der Waals surface area (Å²) in [5.41, 5.74) is 1.17. The minimum absolute atomic E-state index is 0.240. The van der Waals surface area contributed by atoms with Gasteiger partial charge in [-0.25, -0.2) is 4.40 Å². The van der Waals surface area contributed by atoms with Crippen LogP contribution >= 0.6 is 0 Å². The van der Waals surface area contributed by atoms with Crippen molar-refractivity contribution in [2.24, 2.45) is 0 Å². The molecule has 0 unspecified atom stereocenters. The first-order valence-corrected chi connectivity index (χ1v) is 6.63. The number of nitrogens with zero attached hydrogens (tertiary/aromatic N) is 3. The van der Waals surface area contributed by atoms with Gasteiger partial charge in [0.1, 0.15) is 0 Å². The Labute approximate surface area is 121 Å². The summed E-state index contributed by atoms with van der Waals surface area (Å²) in [7, 11) is 0. The lowest BCUT2D eigenvalue weighted by Gasteiger charge is -2.08. The number of amides is 1. The van der Waals surface area contributed by atoms with E-state index in [1.54, 1.807) is 28.7 Å². The van der Waals surface area contributed by atoms with E-state index < -0.39 is 0 Å². The normalized spacial score (nSPS) is 10.5. The molecule has 6 heteroatoms. The number of hydrogen-bond acceptors (Lipinski definition) is 4. The Morgan fingerprint density at radius 1 is 1.14 bits per heavy atom. The monoisotopic (exact) mass is 282 g/mol. The van der Waals surface area contributed by atoms with Crippen LogP contribution < -0.4 is 10.1 Å². The maximum absolute atomic E-state index is 12.2. The molecule has 0 fully saturated rings. The van der Waals surface area contributed by atoms with Gasteiger partial charge in [0.25, 0.3) is 5.91 Å². The Morgan fingerprint density at radius 3 is 2.71 bits per heavy atom. The SMILES string of the molecule is CCOc1cccc2nnc(NC(=O)c3ccccc3)n12. The zero-order valence-corrected chi connectivity index (χ0v) is 11.5. The highest BCUT2D eigenvalue weighted by Crippen LogP contribution is 2.19. The molecule has 6 nitrogen and oxygen atoms in total. The number of carbonyl (C=O) groups is 1. The van der Waals surface area contributed by atoms with Gasteiger partial charge < -0.3 is 4.74 Å². The largest absolute Gasteiger partial charge is 0.479 e. The summed E-state index contributed by atoms with van der Waals surface area (Å²) in [6.07, 6.45) is 0. The summed E-state index contributed by atoms with van der Waals surface area (Å²) < 4.78 is 7.21. The maximum atomic E-state index is 12.2. The molecule has 0 bridgehead atoms. The second kappa shape index (κ2) is 5.62. The smallest absolute Gasteiger partial charge is 0.258 e. The minimum Gasteiger partial charge on any atom is -0.479 e. The summed E-state index contributed by atoms with van der Waals surface area (Å²) >= 11 is 0. The van der Waals surface area contributed by atoms with Gasteiger partial charge >= 0.3 is 0 Å². The topological polar surface area (TPSA) is 68.5 Å². The molecule has 106 valence electrons. The molecule has 1 amide bonds. The van der Waals surface area contributed by atoms with Crippen LogP contribution in [0.5, 0.6) is 5.88 Å². The average molecular weight is 282 g/mol. The van der Waals surface area contributed by atoms with Crippen molar-refractivity contribution in [1.29, 1.82) is 0 Å². The Balaban J connectivity index is 1.96. The molecule has 0 saturated carbocycles. The molecule has 1 N–H and O–H groups in total. The van der Waals surface area contributed by atoms with E-state index in [0.29, 0.717) is 29.6 Å². The van der Waals surface area contributed by atoms with E-state index in [9.17, 15) is 4.79 Å². The number of carbonyl (C=O) groups excluding carboxylic acids is 1. The Morgan fingerprint density at radius 2 is 1.95 bits per heavy atom. The summed E-state index contributed by atoms with van der Waals surface area (Å²) in [5.74, 6) is 0.683. The highest BCUT2D eigenvalue weighted by molar-refractivity contribution is 6.03. The fourth-order valence-electron chi connectivity index (χ4n) is 2.02. The van der Waals surface area contributed by atoms with Crippen LogP contribution in [-0.2, 0) is 0 Å². The molecule has 21 heavy (non-hydrogen) atoms. The van der Waals surface area contributed by atoms with Crippen LogP contribution in [0.1, 0.15) is 17.3 Å². The molecular weight excluding hydrogens is 268 g/mol. The molecule has 0 saturated heterocycles. The number of fused-ring (bicyclic) bond motifs is 1. The lowest BCUT2D eigenvalue weighted by Crippen LogP contribution is -2.14. The van der Waals surface area contributed by atoms with E-state index in [2.05, 4.69) is 15.5 Å². The number of hydrogen-bond donors (Lipinski definition) is 1. The zero-order chi connectivity index (χ0) is 14.7. The molecule has 2 heterocycles. The van der Waals surface area contributed by atoms with Crippen molar-refractivity contribution < 1.29 is 9.53 Å². The Hall–Kier alpha value is -2.89. The summed E-state index contributed by atoms with van der Waals surface area (Å²) in [4.78, 5) is 12.2. The summed E-state index contributed by atoms with van der Waals surface area (Å²) in [6.45, 7) is 2.41. The number of benzene rings is 1. The van der Waals surface area contributed by atoms with Crippen LogP contribution in [0.2, 0.25) is 0 Å². The predicted octanol–water partition coefficient (Wildman–Crippen LogP) is 2.38. The van der Waals surface area contributed by atoms with E-state index in [1.165, 1.54) is 0 Å². The van der Waals surface area contributed by atoms with Gasteiger partial charge in [-0.3, -0.25) is 10.1 Å². The van der Waals surface area contributed by atoms with Gasteiger partial charge in [0.05, 0.1) is 6.61 Å². The van der Waals surface area contributed by atoms with Crippen molar-refractivity contribution in [3.63, 3.8) is 0 Å². The fraction of sp³-hybridized carbons (Fsp3) is 0.133. The number of aromatic nitrogens is 3. The van der Waals surface area contributed by atoms with Gasteiger partial charge in [-0.05, 0) is 31.2 Å². The number of anilines is 1. The maximum Gasteiger partial charge on any atom is 0.258 e. The van der Waals surface area contributed by atoms with Gasteiger partial charge in [-0.15, -0.1) is 10.2 Å². The minimum atomic E-state index is -0.240. The molecule has 3 aromatic rings. The van der Waals surface area contributed by atoms with E-state index in [0.717, 1.165) is 0 Å². The highest BCUT2D eigenvalue weighted by Gasteiger charge is 2.13. The first kappa shape index (κ1) is 13.1. The Kier molecular flexibility index (Phi) is 3.51. The van der Waals surface area contributed by atoms with Crippen LogP contribution in [0, 0.1) is 0 Å². The van der Waals surface area contributed by atoms with E-state index in [4.69, 9.17) is 4.74 Å². The van der Waals surface area contributed by atoms with Crippen molar-refractivity contribution in [3.05, 3.63) is 54.1 Å². The Bertz CT molecular complexity index is 768. The molecule has 2 aromatic heterocycles. The van der Waals surface area contributed by atoms with Crippen molar-refractivity contribution >= 4 is 17.5 Å². The number of ether oxygens (including phenoxy) is 1. The molecule has 0 radical (unpaired) electrons. The standard InChI is InChI=1S/C15H14N4O2/c1-2-21-13-10-6-9-12-17-18-15(19(12)13)16-14(20)11-7-4-3-5-8-11/h3-10H,2H2,1H3,(H,16,18,20). The van der Waals surface area contributed by atoms with Gasteiger partial charge in [0, 0.05) is 5.56 Å². The van der Waals surface area contributed by atoms with Crippen molar-refractivity contribution in [3.8, 4) is 5.88 Å². The number of nitrogens with one attached hydrogen (secondary N) is 1. The highest BCUT2D eigenvalue weighted by atomic mass is 16.5. The van der Waals surface area contributed by atoms with E-state index in [1.807, 2.05) is 31.2 Å². The lowest BCUT2D eigenvalue weighted by molar-refractivity contribution is 0.102. The molecule has 0 aliphatic heterocycles. The first-order valence-electron chi connectivity index (χ1n) is 6.63. The van der Waals surface area contributed by atoms with Gasteiger partial charge in [-0.1, -0.05) is 24.3 Å². The van der Waals surface area contributed by atoms with Crippen molar-refractivity contribution in [1.82, 2.24) is 14.6 Å². The summed E-state index contributed by atoms with van der Waals surface area (Å²) in [6, 6.07) is 14.4. The van der Waals surface area contributed by atoms with E-state index >= 15 is 0 Å². The molecule has 3 rings (SSSR count). The third-order valence-electron chi connectivity index (χ3n) is 2.95. The second-order valence-corrected chi connectivity index (χ2v) is 4.33. The lowest BCUT2D eigenvalue weighted by atomic mass is 10.2. The van der Waals surface area contributed by atoms with Gasteiger partial charge in [0.15, 0.2) is 5.65 Å². The van der Waals surface area contributed by atoms with Crippen LogP contribution in [0.4, 0.5) is 5.95 Å². The molecule has 0 atom stereocenters. The quantitative estimate of drug-likeness (QED) is 0.797. The second-order valence-electron chi connectivity index (χ2n) is 4.33. The van der Waals surface area contributed by atoms with Gasteiger partial charge in [-0.2, -0.15) is 0 Å². The molecular formula is C15H14N4O2. The first-order chi connectivity index (χ1) is 10.3. The predicted molar refractivity (Wildman–Crippen MR) is 78.6 cm³/mol. The fourth-order valence-corrected chi connectivity index (χ4v) is 2.02. The van der Waals surface area contributed by atoms with Crippen LogP contribution in [0.3, 0.4) is 0 Å². The zero-order valence-electron chi connectivity index (χ0n) is 11.5.